The van der Waals surface area contributed by atoms with Crippen LogP contribution in [0.3, 0.4) is 0 Å². The molecule has 2 aromatic rings. The Kier molecular flexibility index (Phi) is 7.28. The van der Waals surface area contributed by atoms with Crippen LogP contribution in [0.2, 0.25) is 0 Å². The van der Waals surface area contributed by atoms with Gasteiger partial charge in [0.25, 0.3) is 11.6 Å². The van der Waals surface area contributed by atoms with E-state index in [0.29, 0.717) is 24.3 Å². The van der Waals surface area contributed by atoms with E-state index in [2.05, 4.69) is 16.1 Å². The number of nitrogens with zero attached hydrogens (tertiary/aromatic N) is 2. The van der Waals surface area contributed by atoms with Gasteiger partial charge in [-0.3, -0.25) is 14.9 Å². The van der Waals surface area contributed by atoms with Gasteiger partial charge in [0.1, 0.15) is 12.4 Å². The highest BCUT2D eigenvalue weighted by Gasteiger charge is 2.21. The van der Waals surface area contributed by atoms with E-state index in [1.807, 2.05) is 24.3 Å². The number of terminal acetylenes is 1. The molecule has 3 rings (SSSR count). The van der Waals surface area contributed by atoms with Gasteiger partial charge in [-0.1, -0.05) is 18.1 Å². The lowest BCUT2D eigenvalue weighted by Gasteiger charge is -2.30. The number of ether oxygens (including phenoxy) is 1. The highest BCUT2D eigenvalue weighted by molar-refractivity contribution is 6.00. The molecule has 1 N–H and O–H groups in total. The molecule has 1 saturated heterocycles. The van der Waals surface area contributed by atoms with E-state index in [1.54, 1.807) is 6.07 Å². The smallest absolute Gasteiger partial charge is 0.270 e. The summed E-state index contributed by atoms with van der Waals surface area (Å²) in [5.41, 5.74) is 2.07. The third kappa shape index (κ3) is 5.51. The molecule has 1 fully saturated rings. The van der Waals surface area contributed by atoms with Gasteiger partial charge >= 0.3 is 0 Å². The Bertz CT molecular complexity index is 928. The quantitative estimate of drug-likeness (QED) is 0.411. The lowest BCUT2D eigenvalue weighted by molar-refractivity contribution is -0.384. The Hall–Kier alpha value is -3.53. The average Bonchev–Trinajstić information content (AvgIpc) is 2.78. The molecule has 2 aromatic carbocycles. The third-order valence-electron chi connectivity index (χ3n) is 5.08. The van der Waals surface area contributed by atoms with E-state index >= 15 is 0 Å². The van der Waals surface area contributed by atoms with Crippen molar-refractivity contribution in [3.8, 4) is 18.1 Å². The Labute approximate surface area is 176 Å². The van der Waals surface area contributed by atoms with Gasteiger partial charge < -0.3 is 15.0 Å². The zero-order valence-corrected chi connectivity index (χ0v) is 16.8. The number of non-ortho nitro benzene ring substituents is 1. The molecule has 1 amide bonds. The number of benzene rings is 2. The number of anilines is 1. The van der Waals surface area contributed by atoms with E-state index < -0.39 is 4.92 Å². The number of amides is 1. The van der Waals surface area contributed by atoms with Crippen molar-refractivity contribution in [1.29, 1.82) is 0 Å². The molecule has 30 heavy (non-hydrogen) atoms. The van der Waals surface area contributed by atoms with Crippen molar-refractivity contribution in [3.63, 3.8) is 0 Å². The molecule has 1 aliphatic heterocycles. The standard InChI is InChI=1S/C23H25N3O4/c1-2-16-30-20-9-6-18(7-10-20)12-13-24-23(27)21-17-19(26(28)29)8-11-22(21)25-14-4-3-5-15-25/h1,6-11,17H,3-5,12-16H2,(H,24,27). The SMILES string of the molecule is C#CCOc1ccc(CCNC(=O)c2cc([N+](=O)[O-])ccc2N2CCCCC2)cc1. The van der Waals surface area contributed by atoms with Gasteiger partial charge in [-0.2, -0.15) is 0 Å². The topological polar surface area (TPSA) is 84.7 Å². The molecule has 0 saturated carbocycles. The number of nitrogens with one attached hydrogen (secondary N) is 1. The first-order chi connectivity index (χ1) is 14.6. The minimum absolute atomic E-state index is 0.0801. The van der Waals surface area contributed by atoms with Gasteiger partial charge in [0.05, 0.1) is 16.2 Å². The number of nitro benzene ring substituents is 1. The maximum absolute atomic E-state index is 12.8. The molecule has 1 heterocycles. The molecular formula is C23H25N3O4. The van der Waals surface area contributed by atoms with Gasteiger partial charge in [-0.05, 0) is 49.4 Å². The molecule has 0 unspecified atom stereocenters. The molecule has 0 aliphatic carbocycles. The maximum atomic E-state index is 12.8. The van der Waals surface area contributed by atoms with Gasteiger partial charge in [-0.25, -0.2) is 0 Å². The summed E-state index contributed by atoms with van der Waals surface area (Å²) < 4.78 is 5.35. The summed E-state index contributed by atoms with van der Waals surface area (Å²) >= 11 is 0. The molecular weight excluding hydrogens is 382 g/mol. The molecule has 1 aliphatic rings. The van der Waals surface area contributed by atoms with Crippen molar-refractivity contribution in [2.45, 2.75) is 25.7 Å². The van der Waals surface area contributed by atoms with E-state index in [4.69, 9.17) is 11.2 Å². The Morgan fingerprint density at radius 3 is 2.57 bits per heavy atom. The summed E-state index contributed by atoms with van der Waals surface area (Å²) in [6.45, 7) is 2.35. The fraction of sp³-hybridized carbons (Fsp3) is 0.348. The average molecular weight is 407 g/mol. The number of hydrogen-bond donors (Lipinski definition) is 1. The molecule has 0 aromatic heterocycles. The van der Waals surface area contributed by atoms with Gasteiger partial charge in [-0.15, -0.1) is 6.42 Å². The van der Waals surface area contributed by atoms with E-state index in [1.165, 1.54) is 12.1 Å². The van der Waals surface area contributed by atoms with Crippen LogP contribution in [0.4, 0.5) is 11.4 Å². The van der Waals surface area contributed by atoms with Crippen molar-refractivity contribution in [3.05, 3.63) is 63.7 Å². The summed E-state index contributed by atoms with van der Waals surface area (Å²) in [6.07, 6.45) is 9.08. The van der Waals surface area contributed by atoms with Crippen molar-refractivity contribution < 1.29 is 14.5 Å². The first-order valence-corrected chi connectivity index (χ1v) is 10.1. The molecule has 0 radical (unpaired) electrons. The van der Waals surface area contributed by atoms with Crippen LogP contribution >= 0.6 is 0 Å². The lowest BCUT2D eigenvalue weighted by atomic mass is 10.1. The molecule has 156 valence electrons. The summed E-state index contributed by atoms with van der Waals surface area (Å²) in [5, 5.41) is 14.1. The predicted octanol–water partition coefficient (Wildman–Crippen LogP) is 3.57. The van der Waals surface area contributed by atoms with Crippen molar-refractivity contribution >= 4 is 17.3 Å². The Balaban J connectivity index is 1.65. The molecule has 7 heteroatoms. The molecule has 7 nitrogen and oxygen atoms in total. The number of carbonyl (C=O) groups is 1. The number of rotatable bonds is 8. The fourth-order valence-electron chi connectivity index (χ4n) is 3.52. The lowest BCUT2D eigenvalue weighted by Crippen LogP contribution is -2.33. The van der Waals surface area contributed by atoms with Crippen LogP contribution < -0.4 is 15.0 Å². The van der Waals surface area contributed by atoms with Crippen molar-refractivity contribution in [2.75, 3.05) is 31.1 Å². The van der Waals surface area contributed by atoms with Crippen molar-refractivity contribution in [2.24, 2.45) is 0 Å². The highest BCUT2D eigenvalue weighted by atomic mass is 16.6. The van der Waals surface area contributed by atoms with Crippen LogP contribution in [0.15, 0.2) is 42.5 Å². The minimum atomic E-state index is -0.472. The minimum Gasteiger partial charge on any atom is -0.481 e. The summed E-state index contributed by atoms with van der Waals surface area (Å²) in [4.78, 5) is 25.7. The van der Waals surface area contributed by atoms with E-state index in [9.17, 15) is 14.9 Å². The van der Waals surface area contributed by atoms with Crippen LogP contribution in [-0.4, -0.2) is 37.1 Å². The summed E-state index contributed by atoms with van der Waals surface area (Å²) in [5.74, 6) is 2.82. The number of piperidine rings is 1. The first kappa shape index (κ1) is 21.2. The van der Waals surface area contributed by atoms with Crippen LogP contribution in [0.25, 0.3) is 0 Å². The van der Waals surface area contributed by atoms with Crippen LogP contribution in [-0.2, 0) is 6.42 Å². The second-order valence-corrected chi connectivity index (χ2v) is 7.15. The maximum Gasteiger partial charge on any atom is 0.270 e. The molecule has 0 atom stereocenters. The molecule has 0 bridgehead atoms. The second kappa shape index (κ2) is 10.3. The number of hydrogen-bond acceptors (Lipinski definition) is 5. The van der Waals surface area contributed by atoms with Crippen LogP contribution in [0.1, 0.15) is 35.2 Å². The highest BCUT2D eigenvalue weighted by Crippen LogP contribution is 2.28. The fourth-order valence-corrected chi connectivity index (χ4v) is 3.52. The first-order valence-electron chi connectivity index (χ1n) is 10.1. The van der Waals surface area contributed by atoms with Gasteiger partial charge in [0.15, 0.2) is 0 Å². The summed E-state index contributed by atoms with van der Waals surface area (Å²) in [6, 6.07) is 12.0. The number of nitro groups is 1. The van der Waals surface area contributed by atoms with E-state index in [0.717, 1.165) is 43.6 Å². The summed E-state index contributed by atoms with van der Waals surface area (Å²) in [7, 11) is 0. The van der Waals surface area contributed by atoms with E-state index in [-0.39, 0.29) is 18.2 Å². The number of carbonyl (C=O) groups excluding carboxylic acids is 1. The Morgan fingerprint density at radius 2 is 1.90 bits per heavy atom. The van der Waals surface area contributed by atoms with Gasteiger partial charge in [0, 0.05) is 31.8 Å². The zero-order valence-electron chi connectivity index (χ0n) is 16.8. The molecule has 0 spiro atoms. The predicted molar refractivity (Wildman–Crippen MR) is 116 cm³/mol. The zero-order chi connectivity index (χ0) is 21.3. The Morgan fingerprint density at radius 1 is 1.17 bits per heavy atom. The largest absolute Gasteiger partial charge is 0.481 e. The monoisotopic (exact) mass is 407 g/mol. The second-order valence-electron chi connectivity index (χ2n) is 7.15. The van der Waals surface area contributed by atoms with Crippen LogP contribution in [0.5, 0.6) is 5.75 Å². The van der Waals surface area contributed by atoms with Gasteiger partial charge in [0.2, 0.25) is 0 Å². The normalized spacial score (nSPS) is 13.4. The van der Waals surface area contributed by atoms with Crippen LogP contribution in [0, 0.1) is 22.5 Å². The van der Waals surface area contributed by atoms with Crippen molar-refractivity contribution in [1.82, 2.24) is 5.32 Å². The third-order valence-corrected chi connectivity index (χ3v) is 5.08.